The van der Waals surface area contributed by atoms with Crippen LogP contribution in [0.5, 0.6) is 5.75 Å². The number of hydrogen-bond donors (Lipinski definition) is 0. The minimum atomic E-state index is -3.10. The molecule has 1 atom stereocenters. The van der Waals surface area contributed by atoms with Crippen LogP contribution in [-0.4, -0.2) is 38.8 Å². The molecule has 1 aromatic carbocycles. The van der Waals surface area contributed by atoms with E-state index in [2.05, 4.69) is 65.8 Å². The number of carbonyl (C=O) groups is 1. The quantitative estimate of drug-likeness (QED) is 0.0862. The number of unbranched alkanes of at least 4 members (excludes halogenated alkanes) is 3. The zero-order chi connectivity index (χ0) is 28.4. The van der Waals surface area contributed by atoms with Gasteiger partial charge in [0.25, 0.3) is 0 Å². The van der Waals surface area contributed by atoms with Crippen LogP contribution < -0.4 is 4.74 Å². The Morgan fingerprint density at radius 1 is 0.895 bits per heavy atom. The molecule has 0 N–H and O–H groups in total. The summed E-state index contributed by atoms with van der Waals surface area (Å²) in [6.45, 7) is 13.4. The van der Waals surface area contributed by atoms with E-state index >= 15 is 0 Å². The predicted octanol–water partition coefficient (Wildman–Crippen LogP) is 10.5. The maximum absolute atomic E-state index is 12.8. The molecule has 5 heteroatoms. The molecule has 0 aliphatic rings. The molecule has 0 aliphatic carbocycles. The standard InChI is InChI=1S/C21H29O4.3C4H9.Sn/c1-16(2)9-6-10-17(3)11-7-12-18-13-8-14-20(23-4)19(18)15-25-21(22)24-5;3*1-3-4-2;/h8-9,11,13-15H,6-7,10,12H2,1-5H3;3*1,3-4H2,2H3;/b17-11+;;;;. The number of benzene rings is 1. The van der Waals surface area contributed by atoms with Crippen LogP contribution in [0.15, 0.2) is 41.5 Å². The Bertz CT molecular complexity index is 848. The molecule has 216 valence electrons. The summed E-state index contributed by atoms with van der Waals surface area (Å²) in [4.78, 5) is 12.8. The van der Waals surface area contributed by atoms with Crippen LogP contribution in [-0.2, 0) is 15.9 Å². The van der Waals surface area contributed by atoms with Gasteiger partial charge in [-0.05, 0) is 0 Å². The summed E-state index contributed by atoms with van der Waals surface area (Å²) in [6.07, 6.45) is 15.3. The fourth-order valence-corrected chi connectivity index (χ4v) is 22.5. The Morgan fingerprint density at radius 2 is 1.50 bits per heavy atom. The molecule has 0 bridgehead atoms. The van der Waals surface area contributed by atoms with Crippen LogP contribution in [0.1, 0.15) is 115 Å². The van der Waals surface area contributed by atoms with Crippen LogP contribution >= 0.6 is 0 Å². The van der Waals surface area contributed by atoms with Crippen molar-refractivity contribution in [3.05, 3.63) is 52.6 Å². The first kappa shape index (κ1) is 34.6. The second-order valence-electron chi connectivity index (χ2n) is 11.1. The van der Waals surface area contributed by atoms with Crippen molar-refractivity contribution in [3.63, 3.8) is 0 Å². The molecule has 0 radical (unpaired) electrons. The zero-order valence-electron chi connectivity index (χ0n) is 25.8. The fourth-order valence-electron chi connectivity index (χ4n) is 5.44. The molecule has 0 fully saturated rings. The summed E-state index contributed by atoms with van der Waals surface area (Å²) in [5, 5.41) is 0. The summed E-state index contributed by atoms with van der Waals surface area (Å²) in [7, 11) is 3.17. The number of carbonyl (C=O) groups excluding carboxylic acids is 1. The van der Waals surface area contributed by atoms with Gasteiger partial charge in [0.15, 0.2) is 0 Å². The first-order chi connectivity index (χ1) is 18.3. The maximum atomic E-state index is 12.8. The van der Waals surface area contributed by atoms with Gasteiger partial charge in [-0.2, -0.15) is 0 Å². The van der Waals surface area contributed by atoms with E-state index in [4.69, 9.17) is 14.2 Å². The van der Waals surface area contributed by atoms with Crippen molar-refractivity contribution in [2.45, 2.75) is 123 Å². The molecule has 1 unspecified atom stereocenters. The Morgan fingerprint density at radius 3 is 2.00 bits per heavy atom. The van der Waals surface area contributed by atoms with Gasteiger partial charge in [-0.1, -0.05) is 0 Å². The van der Waals surface area contributed by atoms with Crippen LogP contribution in [0.4, 0.5) is 4.79 Å². The van der Waals surface area contributed by atoms with Crippen molar-refractivity contribution in [2.24, 2.45) is 0 Å². The third-order valence-electron chi connectivity index (χ3n) is 7.66. The van der Waals surface area contributed by atoms with E-state index in [0.717, 1.165) is 56.3 Å². The van der Waals surface area contributed by atoms with Gasteiger partial charge in [0.1, 0.15) is 0 Å². The van der Waals surface area contributed by atoms with Crippen LogP contribution in [0.2, 0.25) is 13.3 Å². The Labute approximate surface area is 238 Å². The molecule has 0 amide bonds. The molecule has 38 heavy (non-hydrogen) atoms. The van der Waals surface area contributed by atoms with Gasteiger partial charge in [-0.3, -0.25) is 0 Å². The van der Waals surface area contributed by atoms with E-state index in [9.17, 15) is 4.79 Å². The van der Waals surface area contributed by atoms with E-state index in [-0.39, 0.29) is 4.12 Å². The molecule has 0 heterocycles. The molecular weight excluding hydrogens is 579 g/mol. The molecule has 0 saturated heterocycles. The van der Waals surface area contributed by atoms with Crippen LogP contribution in [0.3, 0.4) is 0 Å². The van der Waals surface area contributed by atoms with Gasteiger partial charge in [0.05, 0.1) is 0 Å². The minimum absolute atomic E-state index is 0.199. The number of rotatable bonds is 19. The van der Waals surface area contributed by atoms with Gasteiger partial charge < -0.3 is 0 Å². The normalized spacial score (nSPS) is 12.7. The summed E-state index contributed by atoms with van der Waals surface area (Å²) < 4.78 is 20.9. The second-order valence-corrected chi connectivity index (χ2v) is 24.6. The SMILES string of the molecule is CCC[CH2][Sn]([CH2]CCC)([CH2]CCC)[CH](OC(=O)OC)c1c(CC/C=C(\C)CCC=C(C)C)cccc1OC. The molecule has 0 saturated carbocycles. The van der Waals surface area contributed by atoms with E-state index in [1.165, 1.54) is 56.4 Å². The van der Waals surface area contributed by atoms with Gasteiger partial charge in [-0.25, -0.2) is 0 Å². The Kier molecular flexibility index (Phi) is 17.8. The van der Waals surface area contributed by atoms with Gasteiger partial charge in [0.2, 0.25) is 0 Å². The van der Waals surface area contributed by atoms with E-state index < -0.39 is 24.5 Å². The fraction of sp³-hybridized carbons (Fsp3) is 0.667. The third kappa shape index (κ3) is 11.8. The third-order valence-corrected chi connectivity index (χ3v) is 23.5. The van der Waals surface area contributed by atoms with E-state index in [1.54, 1.807) is 7.11 Å². The molecular formula is C33H56O4Sn. The first-order valence-corrected chi connectivity index (χ1v) is 22.7. The van der Waals surface area contributed by atoms with E-state index in [0.29, 0.717) is 0 Å². The summed E-state index contributed by atoms with van der Waals surface area (Å²) in [5.41, 5.74) is 5.17. The monoisotopic (exact) mass is 636 g/mol. The average Bonchev–Trinajstić information content (AvgIpc) is 2.91. The predicted molar refractivity (Wildman–Crippen MR) is 165 cm³/mol. The van der Waals surface area contributed by atoms with Crippen molar-refractivity contribution in [3.8, 4) is 5.75 Å². The van der Waals surface area contributed by atoms with Gasteiger partial charge >= 0.3 is 239 Å². The summed E-state index contributed by atoms with van der Waals surface area (Å²) in [5.74, 6) is 0.853. The second kappa shape index (κ2) is 19.6. The first-order valence-electron chi connectivity index (χ1n) is 15.0. The van der Waals surface area contributed by atoms with Crippen molar-refractivity contribution in [1.82, 2.24) is 0 Å². The van der Waals surface area contributed by atoms with Crippen LogP contribution in [0.25, 0.3) is 0 Å². The van der Waals surface area contributed by atoms with Crippen LogP contribution in [0, 0.1) is 0 Å². The number of aryl methyl sites for hydroxylation is 1. The molecule has 0 spiro atoms. The van der Waals surface area contributed by atoms with Crippen molar-refractivity contribution >= 4 is 24.5 Å². The molecule has 0 aromatic heterocycles. The molecule has 1 aromatic rings. The Balaban J connectivity index is 3.56. The van der Waals surface area contributed by atoms with Gasteiger partial charge in [0, 0.05) is 0 Å². The topological polar surface area (TPSA) is 44.8 Å². The van der Waals surface area contributed by atoms with E-state index in [1.807, 2.05) is 6.07 Å². The summed E-state index contributed by atoms with van der Waals surface area (Å²) >= 11 is -3.10. The van der Waals surface area contributed by atoms with Crippen molar-refractivity contribution < 1.29 is 19.0 Å². The van der Waals surface area contributed by atoms with Crippen molar-refractivity contribution in [2.75, 3.05) is 14.2 Å². The average molecular weight is 636 g/mol. The van der Waals surface area contributed by atoms with Gasteiger partial charge in [-0.15, -0.1) is 0 Å². The molecule has 4 nitrogen and oxygen atoms in total. The van der Waals surface area contributed by atoms with Crippen molar-refractivity contribution in [1.29, 1.82) is 0 Å². The zero-order valence-corrected chi connectivity index (χ0v) is 28.6. The molecule has 1 rings (SSSR count). The number of allylic oxidation sites excluding steroid dienone is 4. The number of ether oxygens (including phenoxy) is 3. The Hall–Kier alpha value is -1.43. The molecule has 0 aliphatic heterocycles. The number of hydrogen-bond acceptors (Lipinski definition) is 4. The number of methoxy groups -OCH3 is 2. The summed E-state index contributed by atoms with van der Waals surface area (Å²) in [6, 6.07) is 6.34.